The highest BCUT2D eigenvalue weighted by Crippen LogP contribution is 2.14. The highest BCUT2D eigenvalue weighted by Gasteiger charge is 2.12. The van der Waals surface area contributed by atoms with Crippen LogP contribution in [-0.2, 0) is 4.79 Å². The quantitative estimate of drug-likeness (QED) is 0.689. The summed E-state index contributed by atoms with van der Waals surface area (Å²) in [6.07, 6.45) is 0.632. The Labute approximate surface area is 125 Å². The van der Waals surface area contributed by atoms with Crippen molar-refractivity contribution >= 4 is 11.7 Å². The summed E-state index contributed by atoms with van der Waals surface area (Å²) in [5, 5.41) is 8.47. The predicted octanol–water partition coefficient (Wildman–Crippen LogP) is 2.42. The molecule has 0 bridgehead atoms. The second-order valence-electron chi connectivity index (χ2n) is 4.60. The van der Waals surface area contributed by atoms with Gasteiger partial charge in [-0.3, -0.25) is 9.59 Å². The number of hydrogen-bond donors (Lipinski definition) is 0. The molecule has 0 aliphatic heterocycles. The Hall–Kier alpha value is -2.35. The van der Waals surface area contributed by atoms with Crippen LogP contribution in [0.5, 0.6) is 5.75 Å². The summed E-state index contributed by atoms with van der Waals surface area (Å²) >= 11 is 0. The minimum Gasteiger partial charge on any atom is -0.494 e. The number of hydrogen-bond acceptors (Lipinski definition) is 4. The molecule has 1 aromatic rings. The van der Waals surface area contributed by atoms with Gasteiger partial charge in [-0.25, -0.2) is 0 Å². The van der Waals surface area contributed by atoms with Crippen LogP contribution >= 0.6 is 0 Å². The fraction of sp³-hybridized carbons (Fsp3) is 0.438. The van der Waals surface area contributed by atoms with E-state index in [9.17, 15) is 9.59 Å². The number of Topliss-reactive ketones (excluding diaryl/α,β-unsaturated/α-hetero) is 1. The molecule has 0 heterocycles. The maximum absolute atomic E-state index is 12.0. The van der Waals surface area contributed by atoms with Crippen molar-refractivity contribution in [3.05, 3.63) is 29.8 Å². The van der Waals surface area contributed by atoms with Crippen LogP contribution in [0.25, 0.3) is 0 Å². The molecule has 112 valence electrons. The molecule has 21 heavy (non-hydrogen) atoms. The van der Waals surface area contributed by atoms with Gasteiger partial charge in [0.2, 0.25) is 5.91 Å². The Morgan fingerprint density at radius 2 is 1.90 bits per heavy atom. The molecule has 0 unspecified atom stereocenters. The molecule has 0 saturated heterocycles. The van der Waals surface area contributed by atoms with Crippen LogP contribution in [0.2, 0.25) is 0 Å². The van der Waals surface area contributed by atoms with Gasteiger partial charge in [0.25, 0.3) is 0 Å². The fourth-order valence-electron chi connectivity index (χ4n) is 1.80. The van der Waals surface area contributed by atoms with Gasteiger partial charge in [-0.2, -0.15) is 5.26 Å². The molecule has 0 spiro atoms. The average Bonchev–Trinajstić information content (AvgIpc) is 2.50. The smallest absolute Gasteiger partial charge is 0.222 e. The molecule has 5 nitrogen and oxygen atoms in total. The average molecular weight is 288 g/mol. The number of nitrogens with zero attached hydrogens (tertiary/aromatic N) is 2. The normalized spacial score (nSPS) is 9.76. The Bertz CT molecular complexity index is 517. The lowest BCUT2D eigenvalue weighted by atomic mass is 10.1. The fourth-order valence-corrected chi connectivity index (χ4v) is 1.80. The van der Waals surface area contributed by atoms with E-state index in [1.54, 1.807) is 31.3 Å². The van der Waals surface area contributed by atoms with Crippen LogP contribution in [0.4, 0.5) is 0 Å². The van der Waals surface area contributed by atoms with E-state index >= 15 is 0 Å². The van der Waals surface area contributed by atoms with E-state index in [1.165, 1.54) is 4.90 Å². The summed E-state index contributed by atoms with van der Waals surface area (Å²) in [5.74, 6) is 0.533. The van der Waals surface area contributed by atoms with Crippen LogP contribution < -0.4 is 4.74 Å². The Kier molecular flexibility index (Phi) is 6.96. The van der Waals surface area contributed by atoms with Crippen LogP contribution in [0, 0.1) is 11.3 Å². The van der Waals surface area contributed by atoms with Crippen molar-refractivity contribution in [1.82, 2.24) is 4.90 Å². The van der Waals surface area contributed by atoms with E-state index in [0.29, 0.717) is 25.1 Å². The lowest BCUT2D eigenvalue weighted by Gasteiger charge is -2.14. The monoisotopic (exact) mass is 288 g/mol. The molecule has 0 fully saturated rings. The van der Waals surface area contributed by atoms with Crippen molar-refractivity contribution in [1.29, 1.82) is 5.26 Å². The van der Waals surface area contributed by atoms with Gasteiger partial charge in [-0.15, -0.1) is 0 Å². The first kappa shape index (κ1) is 16.7. The molecule has 0 aromatic heterocycles. The van der Waals surface area contributed by atoms with Crippen molar-refractivity contribution in [2.75, 3.05) is 20.2 Å². The van der Waals surface area contributed by atoms with Gasteiger partial charge in [-0.05, 0) is 31.2 Å². The highest BCUT2D eigenvalue weighted by atomic mass is 16.5. The molecule has 0 atom stereocenters. The number of ether oxygens (including phenoxy) is 1. The minimum atomic E-state index is -0.121. The largest absolute Gasteiger partial charge is 0.494 e. The molecule has 0 aliphatic carbocycles. The van der Waals surface area contributed by atoms with Gasteiger partial charge in [0.1, 0.15) is 5.75 Å². The number of carbonyl (C=O) groups is 2. The van der Waals surface area contributed by atoms with E-state index in [1.807, 2.05) is 13.0 Å². The highest BCUT2D eigenvalue weighted by molar-refractivity contribution is 5.98. The topological polar surface area (TPSA) is 70.4 Å². The molecule has 5 heteroatoms. The Morgan fingerprint density at radius 3 is 2.48 bits per heavy atom. The zero-order valence-electron chi connectivity index (χ0n) is 12.5. The molecule has 0 radical (unpaired) electrons. The van der Waals surface area contributed by atoms with Crippen LogP contribution in [0.3, 0.4) is 0 Å². The third-order valence-electron chi connectivity index (χ3n) is 3.04. The molecule has 1 aromatic carbocycles. The Balaban J connectivity index is 2.46. The first-order chi connectivity index (χ1) is 10.1. The van der Waals surface area contributed by atoms with Crippen molar-refractivity contribution in [2.45, 2.75) is 26.2 Å². The lowest BCUT2D eigenvalue weighted by molar-refractivity contribution is -0.129. The van der Waals surface area contributed by atoms with Gasteiger partial charge >= 0.3 is 0 Å². The number of benzene rings is 1. The summed E-state index contributed by atoms with van der Waals surface area (Å²) in [5.41, 5.74) is 0.575. The zero-order chi connectivity index (χ0) is 15.7. The van der Waals surface area contributed by atoms with Gasteiger partial charge < -0.3 is 9.64 Å². The van der Waals surface area contributed by atoms with Gasteiger partial charge in [0.05, 0.1) is 19.1 Å². The van der Waals surface area contributed by atoms with E-state index < -0.39 is 0 Å². The molecular weight excluding hydrogens is 268 g/mol. The number of carbonyl (C=O) groups excluding carboxylic acids is 2. The molecule has 0 aliphatic rings. The van der Waals surface area contributed by atoms with E-state index in [4.69, 9.17) is 10.00 Å². The van der Waals surface area contributed by atoms with Gasteiger partial charge in [0, 0.05) is 32.0 Å². The van der Waals surface area contributed by atoms with Gasteiger partial charge in [0.15, 0.2) is 5.78 Å². The third kappa shape index (κ3) is 5.65. The summed E-state index contributed by atoms with van der Waals surface area (Å²) in [6.45, 7) is 2.87. The molecular formula is C16H20N2O3. The zero-order valence-corrected chi connectivity index (χ0v) is 12.5. The summed E-state index contributed by atoms with van der Waals surface area (Å²) < 4.78 is 5.31. The molecule has 1 rings (SSSR count). The lowest BCUT2D eigenvalue weighted by Crippen LogP contribution is -2.27. The summed E-state index contributed by atoms with van der Waals surface area (Å²) in [4.78, 5) is 25.2. The maximum atomic E-state index is 12.0. The van der Waals surface area contributed by atoms with Crippen LogP contribution in [0.1, 0.15) is 36.5 Å². The third-order valence-corrected chi connectivity index (χ3v) is 3.04. The molecule has 1 amide bonds. The standard InChI is InChI=1S/C16H20N2O3/c1-3-21-14-7-5-13(6-8-14)15(19)9-10-16(20)18(2)12-4-11-17/h5-8H,3-4,9-10,12H2,1-2H3. The number of nitriles is 1. The van der Waals surface area contributed by atoms with Crippen LogP contribution in [0.15, 0.2) is 24.3 Å². The van der Waals surface area contributed by atoms with E-state index in [2.05, 4.69) is 0 Å². The summed E-state index contributed by atoms with van der Waals surface area (Å²) in [7, 11) is 1.64. The maximum Gasteiger partial charge on any atom is 0.222 e. The number of amides is 1. The Morgan fingerprint density at radius 1 is 1.24 bits per heavy atom. The minimum absolute atomic E-state index is 0.0694. The molecule has 0 saturated carbocycles. The number of rotatable bonds is 8. The van der Waals surface area contributed by atoms with E-state index in [-0.39, 0.29) is 24.5 Å². The predicted molar refractivity (Wildman–Crippen MR) is 79.0 cm³/mol. The number of ketones is 1. The van der Waals surface area contributed by atoms with Crippen molar-refractivity contribution in [3.63, 3.8) is 0 Å². The molecule has 0 N–H and O–H groups in total. The SMILES string of the molecule is CCOc1ccc(C(=O)CCC(=O)N(C)CCC#N)cc1. The van der Waals surface area contributed by atoms with Crippen molar-refractivity contribution in [2.24, 2.45) is 0 Å². The second kappa shape index (κ2) is 8.75. The first-order valence-corrected chi connectivity index (χ1v) is 6.95. The van der Waals surface area contributed by atoms with Crippen molar-refractivity contribution < 1.29 is 14.3 Å². The first-order valence-electron chi connectivity index (χ1n) is 6.95. The van der Waals surface area contributed by atoms with Gasteiger partial charge in [-0.1, -0.05) is 0 Å². The van der Waals surface area contributed by atoms with Crippen molar-refractivity contribution in [3.8, 4) is 11.8 Å². The second-order valence-corrected chi connectivity index (χ2v) is 4.60. The van der Waals surface area contributed by atoms with Crippen LogP contribution in [-0.4, -0.2) is 36.8 Å². The van der Waals surface area contributed by atoms with E-state index in [0.717, 1.165) is 5.75 Å². The summed E-state index contributed by atoms with van der Waals surface area (Å²) in [6, 6.07) is 8.89.